The minimum atomic E-state index is -0.541. The summed E-state index contributed by atoms with van der Waals surface area (Å²) in [6.45, 7) is 2.26. The molecule has 0 saturated heterocycles. The highest BCUT2D eigenvalue weighted by atomic mass is 19.1. The highest BCUT2D eigenvalue weighted by molar-refractivity contribution is 5.68. The van der Waals surface area contributed by atoms with Crippen molar-refractivity contribution in [2.24, 2.45) is 0 Å². The van der Waals surface area contributed by atoms with Gasteiger partial charge >= 0.3 is 5.69 Å². The number of hydrogen-bond acceptors (Lipinski definition) is 6. The molecule has 21 heavy (non-hydrogen) atoms. The summed E-state index contributed by atoms with van der Waals surface area (Å²) >= 11 is 0. The van der Waals surface area contributed by atoms with E-state index >= 15 is 0 Å². The number of rotatable bonds is 5. The van der Waals surface area contributed by atoms with Crippen molar-refractivity contribution in [1.82, 2.24) is 9.97 Å². The second-order valence-electron chi connectivity index (χ2n) is 4.13. The molecule has 110 valence electrons. The normalized spacial score (nSPS) is 10.2. The van der Waals surface area contributed by atoms with Gasteiger partial charge in [-0.05, 0) is 31.2 Å². The molecule has 0 spiro atoms. The molecular formula is C13H14FN5O2. The number of halogens is 1. The van der Waals surface area contributed by atoms with Crippen LogP contribution in [-0.4, -0.2) is 28.5 Å². The second kappa shape index (κ2) is 6.12. The van der Waals surface area contributed by atoms with Crippen LogP contribution in [0.1, 0.15) is 6.92 Å². The van der Waals surface area contributed by atoms with Crippen LogP contribution in [0.25, 0.3) is 0 Å². The maximum atomic E-state index is 13.0. The average molecular weight is 291 g/mol. The van der Waals surface area contributed by atoms with Crippen molar-refractivity contribution in [2.45, 2.75) is 6.92 Å². The van der Waals surface area contributed by atoms with E-state index in [4.69, 9.17) is 0 Å². The Morgan fingerprint density at radius 3 is 2.57 bits per heavy atom. The standard InChI is InChI=1S/C13H14FN5O2/c1-3-18(10-6-4-9(14)5-7-10)12-11(19(20)21)8-16-13(15-2)17-12/h4-8H,3H2,1-2H3,(H,15,16,17). The Balaban J connectivity index is 2.54. The summed E-state index contributed by atoms with van der Waals surface area (Å²) < 4.78 is 13.0. The van der Waals surface area contributed by atoms with Crippen molar-refractivity contribution in [3.63, 3.8) is 0 Å². The third kappa shape index (κ3) is 3.04. The number of aromatic nitrogens is 2. The first-order valence-corrected chi connectivity index (χ1v) is 6.29. The smallest absolute Gasteiger partial charge is 0.330 e. The summed E-state index contributed by atoms with van der Waals surface area (Å²) in [6, 6.07) is 5.68. The van der Waals surface area contributed by atoms with Crippen LogP contribution in [0.3, 0.4) is 0 Å². The number of benzene rings is 1. The van der Waals surface area contributed by atoms with Gasteiger partial charge in [0.1, 0.15) is 12.0 Å². The molecule has 2 aromatic rings. The fraction of sp³-hybridized carbons (Fsp3) is 0.231. The summed E-state index contributed by atoms with van der Waals surface area (Å²) in [4.78, 5) is 20.2. The Labute approximate surface area is 120 Å². The fourth-order valence-corrected chi connectivity index (χ4v) is 1.89. The molecule has 0 fully saturated rings. The van der Waals surface area contributed by atoms with Gasteiger partial charge in [0.2, 0.25) is 11.8 Å². The molecular weight excluding hydrogens is 277 g/mol. The summed E-state index contributed by atoms with van der Waals surface area (Å²) in [5, 5.41) is 13.9. The number of nitro groups is 1. The third-order valence-corrected chi connectivity index (χ3v) is 2.88. The predicted octanol–water partition coefficient (Wildman–Crippen LogP) is 2.72. The second-order valence-corrected chi connectivity index (χ2v) is 4.13. The Hall–Kier alpha value is -2.77. The van der Waals surface area contributed by atoms with Gasteiger partial charge in [-0.3, -0.25) is 10.1 Å². The van der Waals surface area contributed by atoms with Crippen LogP contribution < -0.4 is 10.2 Å². The van der Waals surface area contributed by atoms with E-state index < -0.39 is 4.92 Å². The lowest BCUT2D eigenvalue weighted by molar-refractivity contribution is -0.384. The molecule has 0 aliphatic rings. The lowest BCUT2D eigenvalue weighted by Crippen LogP contribution is -2.19. The van der Waals surface area contributed by atoms with Gasteiger partial charge in [0.15, 0.2) is 0 Å². The topological polar surface area (TPSA) is 84.2 Å². The maximum Gasteiger partial charge on any atom is 0.330 e. The molecule has 7 nitrogen and oxygen atoms in total. The van der Waals surface area contributed by atoms with E-state index in [1.165, 1.54) is 12.1 Å². The number of nitrogens with zero attached hydrogens (tertiary/aromatic N) is 4. The minimum absolute atomic E-state index is 0.161. The summed E-state index contributed by atoms with van der Waals surface area (Å²) in [5.74, 6) is 0.0625. The van der Waals surface area contributed by atoms with Gasteiger partial charge in [0, 0.05) is 19.3 Å². The monoisotopic (exact) mass is 291 g/mol. The Bertz CT molecular complexity index is 648. The fourth-order valence-electron chi connectivity index (χ4n) is 1.89. The third-order valence-electron chi connectivity index (χ3n) is 2.88. The van der Waals surface area contributed by atoms with Gasteiger partial charge in [-0.15, -0.1) is 0 Å². The number of nitrogens with one attached hydrogen (secondary N) is 1. The van der Waals surface area contributed by atoms with Gasteiger partial charge in [0.05, 0.1) is 4.92 Å². The van der Waals surface area contributed by atoms with Crippen molar-refractivity contribution in [3.8, 4) is 0 Å². The van der Waals surface area contributed by atoms with Crippen molar-refractivity contribution < 1.29 is 9.31 Å². The van der Waals surface area contributed by atoms with E-state index in [-0.39, 0.29) is 23.3 Å². The van der Waals surface area contributed by atoms with Gasteiger partial charge in [-0.25, -0.2) is 9.37 Å². The molecule has 1 N–H and O–H groups in total. The maximum absolute atomic E-state index is 13.0. The first-order chi connectivity index (χ1) is 10.1. The molecule has 1 aromatic carbocycles. The van der Waals surface area contributed by atoms with E-state index in [1.54, 1.807) is 24.1 Å². The average Bonchev–Trinajstić information content (AvgIpc) is 2.49. The minimum Gasteiger partial charge on any atom is -0.357 e. The molecule has 1 heterocycles. The van der Waals surface area contributed by atoms with Crippen LogP contribution in [-0.2, 0) is 0 Å². The van der Waals surface area contributed by atoms with E-state index in [0.29, 0.717) is 12.2 Å². The zero-order chi connectivity index (χ0) is 15.4. The number of anilines is 3. The first-order valence-electron chi connectivity index (χ1n) is 6.29. The van der Waals surface area contributed by atoms with Crippen LogP contribution in [0.5, 0.6) is 0 Å². The summed E-state index contributed by atoms with van der Waals surface area (Å²) in [7, 11) is 1.62. The van der Waals surface area contributed by atoms with E-state index in [2.05, 4.69) is 15.3 Å². The van der Waals surface area contributed by atoms with Gasteiger partial charge < -0.3 is 10.2 Å². The lowest BCUT2D eigenvalue weighted by atomic mass is 10.2. The highest BCUT2D eigenvalue weighted by Crippen LogP contribution is 2.31. The Morgan fingerprint density at radius 1 is 1.38 bits per heavy atom. The van der Waals surface area contributed by atoms with Crippen LogP contribution in [0, 0.1) is 15.9 Å². The van der Waals surface area contributed by atoms with Gasteiger partial charge in [-0.2, -0.15) is 4.98 Å². The van der Waals surface area contributed by atoms with E-state index in [1.807, 2.05) is 6.92 Å². The molecule has 1 aromatic heterocycles. The van der Waals surface area contributed by atoms with Gasteiger partial charge in [0.25, 0.3) is 0 Å². The molecule has 0 bridgehead atoms. The van der Waals surface area contributed by atoms with Crippen molar-refractivity contribution >= 4 is 23.1 Å². The quantitative estimate of drug-likeness (QED) is 0.673. The van der Waals surface area contributed by atoms with Crippen LogP contribution >= 0.6 is 0 Å². The highest BCUT2D eigenvalue weighted by Gasteiger charge is 2.23. The molecule has 2 rings (SSSR count). The molecule has 0 amide bonds. The Morgan fingerprint density at radius 2 is 2.05 bits per heavy atom. The zero-order valence-corrected chi connectivity index (χ0v) is 11.6. The van der Waals surface area contributed by atoms with Crippen LogP contribution in [0.4, 0.5) is 27.5 Å². The molecule has 0 unspecified atom stereocenters. The summed E-state index contributed by atoms with van der Waals surface area (Å²) in [6.07, 6.45) is 1.15. The summed E-state index contributed by atoms with van der Waals surface area (Å²) in [5.41, 5.74) is 0.405. The zero-order valence-electron chi connectivity index (χ0n) is 11.6. The molecule has 0 saturated carbocycles. The molecule has 0 atom stereocenters. The SMILES string of the molecule is CCN(c1ccc(F)cc1)c1nc(NC)ncc1[N+](=O)[O-]. The molecule has 8 heteroatoms. The molecule has 0 radical (unpaired) electrons. The predicted molar refractivity (Wildman–Crippen MR) is 77.3 cm³/mol. The van der Waals surface area contributed by atoms with E-state index in [0.717, 1.165) is 6.20 Å². The van der Waals surface area contributed by atoms with Crippen molar-refractivity contribution in [1.29, 1.82) is 0 Å². The largest absolute Gasteiger partial charge is 0.357 e. The van der Waals surface area contributed by atoms with Gasteiger partial charge in [-0.1, -0.05) is 0 Å². The van der Waals surface area contributed by atoms with Crippen LogP contribution in [0.2, 0.25) is 0 Å². The Kier molecular flexibility index (Phi) is 4.27. The molecule has 0 aliphatic heterocycles. The van der Waals surface area contributed by atoms with Crippen molar-refractivity contribution in [3.05, 3.63) is 46.4 Å². The lowest BCUT2D eigenvalue weighted by Gasteiger charge is -2.21. The van der Waals surface area contributed by atoms with Crippen LogP contribution in [0.15, 0.2) is 30.5 Å². The van der Waals surface area contributed by atoms with E-state index in [9.17, 15) is 14.5 Å². The molecule has 0 aliphatic carbocycles. The number of hydrogen-bond donors (Lipinski definition) is 1. The first kappa shape index (κ1) is 14.6. The van der Waals surface area contributed by atoms with Crippen molar-refractivity contribution in [2.75, 3.05) is 23.8 Å².